The van der Waals surface area contributed by atoms with E-state index in [4.69, 9.17) is 6.42 Å². The second kappa shape index (κ2) is 10.2. The van der Waals surface area contributed by atoms with Gasteiger partial charge in [-0.1, -0.05) is 25.7 Å². The molecule has 0 N–H and O–H groups in total. The number of terminal acetylenes is 1. The van der Waals surface area contributed by atoms with Gasteiger partial charge in [-0.25, -0.2) is 0 Å². The summed E-state index contributed by atoms with van der Waals surface area (Å²) in [5, 5.41) is 0. The molecule has 0 fully saturated rings. The van der Waals surface area contributed by atoms with Crippen LogP contribution in [0.25, 0.3) is 0 Å². The van der Waals surface area contributed by atoms with Gasteiger partial charge >= 0.3 is 18.3 Å². The number of hydrogen-bond acceptors (Lipinski definition) is 2. The predicted molar refractivity (Wildman–Crippen MR) is 87.9 cm³/mol. The number of alkyl halides is 6. The number of ether oxygens (including phenoxy) is 1. The van der Waals surface area contributed by atoms with Crippen LogP contribution in [0.5, 0.6) is 5.75 Å². The highest BCUT2D eigenvalue weighted by atomic mass is 19.4. The summed E-state index contributed by atoms with van der Waals surface area (Å²) < 4.78 is 81.2. The second-order valence-corrected chi connectivity index (χ2v) is 6.04. The number of esters is 1. The first-order valence-electron chi connectivity index (χ1n) is 8.47. The maximum Gasteiger partial charge on any atom is 0.416 e. The summed E-state index contributed by atoms with van der Waals surface area (Å²) in [4.78, 5) is 11.7. The van der Waals surface area contributed by atoms with Gasteiger partial charge in [-0.3, -0.25) is 4.79 Å². The van der Waals surface area contributed by atoms with E-state index in [2.05, 4.69) is 10.7 Å². The molecule has 1 rings (SSSR count). The molecule has 0 amide bonds. The van der Waals surface area contributed by atoms with Gasteiger partial charge in [-0.05, 0) is 31.0 Å². The molecule has 0 radical (unpaired) electrons. The van der Waals surface area contributed by atoms with Crippen LogP contribution in [0, 0.1) is 12.3 Å². The van der Waals surface area contributed by atoms with Crippen molar-refractivity contribution >= 4 is 5.97 Å². The lowest BCUT2D eigenvalue weighted by atomic mass is 10.1. The van der Waals surface area contributed by atoms with E-state index >= 15 is 0 Å². The average Bonchev–Trinajstić information content (AvgIpc) is 2.55. The highest BCUT2D eigenvalue weighted by Crippen LogP contribution is 2.38. The minimum Gasteiger partial charge on any atom is -0.426 e. The quantitative estimate of drug-likeness (QED) is 0.160. The Bertz CT molecular complexity index is 623. The standard InChI is InChI=1S/C19H20F6O2/c1-2-3-4-5-6-7-8-9-10-17(26)27-16-12-14(18(20,21)22)11-15(13-16)19(23,24)25/h1,11-13H,3-10H2. The molecule has 150 valence electrons. The lowest BCUT2D eigenvalue weighted by molar-refractivity contribution is -0.144. The molecular formula is C19H20F6O2. The lowest BCUT2D eigenvalue weighted by Crippen LogP contribution is -2.13. The normalized spacial score (nSPS) is 11.9. The van der Waals surface area contributed by atoms with Crippen molar-refractivity contribution in [1.82, 2.24) is 0 Å². The van der Waals surface area contributed by atoms with Gasteiger partial charge in [0.25, 0.3) is 0 Å². The molecule has 1 aromatic carbocycles. The van der Waals surface area contributed by atoms with Crippen molar-refractivity contribution in [1.29, 1.82) is 0 Å². The molecule has 0 aliphatic rings. The first-order valence-corrected chi connectivity index (χ1v) is 8.47. The average molecular weight is 394 g/mol. The molecule has 0 unspecified atom stereocenters. The first kappa shape index (κ1) is 22.9. The van der Waals surface area contributed by atoms with Crippen molar-refractivity contribution in [3.8, 4) is 18.1 Å². The van der Waals surface area contributed by atoms with Gasteiger partial charge in [0, 0.05) is 12.8 Å². The van der Waals surface area contributed by atoms with E-state index in [9.17, 15) is 31.1 Å². The number of carbonyl (C=O) groups excluding carboxylic acids is 1. The Balaban J connectivity index is 2.57. The van der Waals surface area contributed by atoms with Gasteiger partial charge < -0.3 is 4.74 Å². The van der Waals surface area contributed by atoms with E-state index in [1.165, 1.54) is 0 Å². The molecule has 0 atom stereocenters. The van der Waals surface area contributed by atoms with E-state index in [0.29, 0.717) is 31.4 Å². The summed E-state index contributed by atoms with van der Waals surface area (Å²) in [7, 11) is 0. The Kier molecular flexibility index (Phi) is 8.67. The van der Waals surface area contributed by atoms with Crippen molar-refractivity contribution in [2.24, 2.45) is 0 Å². The Morgan fingerprint density at radius 1 is 0.852 bits per heavy atom. The monoisotopic (exact) mass is 394 g/mol. The van der Waals surface area contributed by atoms with Crippen LogP contribution in [-0.2, 0) is 17.1 Å². The number of benzene rings is 1. The van der Waals surface area contributed by atoms with Crippen LogP contribution < -0.4 is 4.74 Å². The molecule has 2 nitrogen and oxygen atoms in total. The van der Waals surface area contributed by atoms with E-state index in [-0.39, 0.29) is 12.5 Å². The van der Waals surface area contributed by atoms with Crippen molar-refractivity contribution in [2.45, 2.75) is 63.7 Å². The van der Waals surface area contributed by atoms with Crippen LogP contribution >= 0.6 is 0 Å². The van der Waals surface area contributed by atoms with Gasteiger partial charge in [0.05, 0.1) is 11.1 Å². The topological polar surface area (TPSA) is 26.3 Å². The maximum absolute atomic E-state index is 12.8. The van der Waals surface area contributed by atoms with Crippen molar-refractivity contribution < 1.29 is 35.9 Å². The molecular weight excluding hydrogens is 374 g/mol. The first-order chi connectivity index (χ1) is 12.5. The number of carbonyl (C=O) groups is 1. The highest BCUT2D eigenvalue weighted by molar-refractivity contribution is 5.72. The minimum atomic E-state index is -4.98. The van der Waals surface area contributed by atoms with Gasteiger partial charge in [-0.15, -0.1) is 12.3 Å². The van der Waals surface area contributed by atoms with Crippen molar-refractivity contribution in [3.05, 3.63) is 29.3 Å². The second-order valence-electron chi connectivity index (χ2n) is 6.04. The molecule has 1 aromatic rings. The lowest BCUT2D eigenvalue weighted by Gasteiger charge is -2.14. The predicted octanol–water partition coefficient (Wildman–Crippen LogP) is 6.38. The van der Waals surface area contributed by atoms with Crippen LogP contribution in [0.15, 0.2) is 18.2 Å². The highest BCUT2D eigenvalue weighted by Gasteiger charge is 2.37. The van der Waals surface area contributed by atoms with Crippen molar-refractivity contribution in [2.75, 3.05) is 0 Å². The Morgan fingerprint density at radius 3 is 1.81 bits per heavy atom. The molecule has 0 aliphatic carbocycles. The summed E-state index contributed by atoms with van der Waals surface area (Å²) >= 11 is 0. The van der Waals surface area contributed by atoms with Crippen LogP contribution in [0.1, 0.15) is 62.5 Å². The fraction of sp³-hybridized carbons (Fsp3) is 0.526. The summed E-state index contributed by atoms with van der Waals surface area (Å²) in [6.07, 6.45) is 0.645. The van der Waals surface area contributed by atoms with Gasteiger partial charge in [0.2, 0.25) is 0 Å². The third-order valence-corrected chi connectivity index (χ3v) is 3.74. The molecule has 0 bridgehead atoms. The number of halogens is 6. The molecule has 27 heavy (non-hydrogen) atoms. The SMILES string of the molecule is C#CCCCCCCCCC(=O)Oc1cc(C(F)(F)F)cc(C(F)(F)F)c1. The number of unbranched alkanes of at least 4 members (excludes halogenated alkanes) is 6. The zero-order valence-electron chi connectivity index (χ0n) is 14.6. The van der Waals surface area contributed by atoms with E-state index in [1.54, 1.807) is 0 Å². The smallest absolute Gasteiger partial charge is 0.416 e. The third kappa shape index (κ3) is 8.85. The molecule has 0 spiro atoms. The van der Waals surface area contributed by atoms with Crippen LogP contribution in [0.4, 0.5) is 26.3 Å². The van der Waals surface area contributed by atoms with Crippen LogP contribution in [0.2, 0.25) is 0 Å². The van der Waals surface area contributed by atoms with E-state index in [1.807, 2.05) is 0 Å². The molecule has 0 saturated carbocycles. The minimum absolute atomic E-state index is 0.0163. The molecule has 0 saturated heterocycles. The van der Waals surface area contributed by atoms with E-state index in [0.717, 1.165) is 25.7 Å². The fourth-order valence-corrected chi connectivity index (χ4v) is 2.37. The number of rotatable bonds is 9. The maximum atomic E-state index is 12.8. The third-order valence-electron chi connectivity index (χ3n) is 3.74. The number of hydrogen-bond donors (Lipinski definition) is 0. The zero-order chi connectivity index (χ0) is 20.5. The van der Waals surface area contributed by atoms with Crippen LogP contribution in [0.3, 0.4) is 0 Å². The molecule has 8 heteroatoms. The Labute approximate surface area is 153 Å². The molecule has 0 aliphatic heterocycles. The summed E-state index contributed by atoms with van der Waals surface area (Å²) in [6.45, 7) is 0. The van der Waals surface area contributed by atoms with Crippen molar-refractivity contribution in [3.63, 3.8) is 0 Å². The molecule has 0 aromatic heterocycles. The summed E-state index contributed by atoms with van der Waals surface area (Å²) in [5.74, 6) is 0.899. The van der Waals surface area contributed by atoms with Gasteiger partial charge in [0.1, 0.15) is 5.75 Å². The largest absolute Gasteiger partial charge is 0.426 e. The van der Waals surface area contributed by atoms with Gasteiger partial charge in [-0.2, -0.15) is 26.3 Å². The fourth-order valence-electron chi connectivity index (χ4n) is 2.37. The Hall–Kier alpha value is -2.17. The van der Waals surface area contributed by atoms with E-state index < -0.39 is 35.2 Å². The zero-order valence-corrected chi connectivity index (χ0v) is 14.6. The van der Waals surface area contributed by atoms with Crippen LogP contribution in [-0.4, -0.2) is 5.97 Å². The Morgan fingerprint density at radius 2 is 1.33 bits per heavy atom. The summed E-state index contributed by atoms with van der Waals surface area (Å²) in [5.41, 5.74) is -3.04. The van der Waals surface area contributed by atoms with Gasteiger partial charge in [0.15, 0.2) is 0 Å². The summed E-state index contributed by atoms with van der Waals surface area (Å²) in [6, 6.07) is 0.759. The molecule has 0 heterocycles.